The van der Waals surface area contributed by atoms with Crippen LogP contribution < -0.4 is 5.32 Å². The molecule has 2 saturated heterocycles. The Balaban J connectivity index is 1.71. The summed E-state index contributed by atoms with van der Waals surface area (Å²) in [4.78, 5) is 16.3. The van der Waals surface area contributed by atoms with Crippen LogP contribution in [-0.2, 0) is 4.79 Å². The first-order chi connectivity index (χ1) is 7.29. The third kappa shape index (κ3) is 2.69. The molecule has 0 saturated carbocycles. The summed E-state index contributed by atoms with van der Waals surface area (Å²) in [6, 6.07) is 0. The van der Waals surface area contributed by atoms with Crippen molar-refractivity contribution in [2.45, 2.75) is 13.3 Å². The van der Waals surface area contributed by atoms with Crippen LogP contribution in [0.4, 0.5) is 0 Å². The van der Waals surface area contributed by atoms with E-state index in [1.807, 2.05) is 4.90 Å². The molecule has 0 aromatic heterocycles. The van der Waals surface area contributed by atoms with Crippen molar-refractivity contribution < 1.29 is 4.79 Å². The summed E-state index contributed by atoms with van der Waals surface area (Å²) in [7, 11) is 0. The first kappa shape index (κ1) is 10.9. The zero-order chi connectivity index (χ0) is 10.7. The van der Waals surface area contributed by atoms with Crippen LogP contribution in [0, 0.1) is 5.92 Å². The molecule has 86 valence electrons. The highest BCUT2D eigenvalue weighted by Crippen LogP contribution is 2.12. The summed E-state index contributed by atoms with van der Waals surface area (Å²) in [5, 5.41) is 3.21. The lowest BCUT2D eigenvalue weighted by atomic mass is 9.98. The van der Waals surface area contributed by atoms with Crippen molar-refractivity contribution in [2.24, 2.45) is 5.92 Å². The van der Waals surface area contributed by atoms with Crippen LogP contribution in [0.2, 0.25) is 0 Å². The molecule has 0 spiro atoms. The lowest BCUT2D eigenvalue weighted by Gasteiger charge is -2.36. The molecule has 4 nitrogen and oxygen atoms in total. The molecule has 1 N–H and O–H groups in total. The number of likely N-dealkylation sites (N-methyl/N-ethyl adjacent to an activating group) is 1. The monoisotopic (exact) mass is 211 g/mol. The highest BCUT2D eigenvalue weighted by atomic mass is 16.2. The van der Waals surface area contributed by atoms with E-state index in [4.69, 9.17) is 0 Å². The van der Waals surface area contributed by atoms with Crippen molar-refractivity contribution in [2.75, 3.05) is 45.8 Å². The van der Waals surface area contributed by atoms with Gasteiger partial charge in [0.2, 0.25) is 5.91 Å². The molecule has 15 heavy (non-hydrogen) atoms. The van der Waals surface area contributed by atoms with E-state index in [-0.39, 0.29) is 0 Å². The van der Waals surface area contributed by atoms with Crippen molar-refractivity contribution >= 4 is 5.91 Å². The van der Waals surface area contributed by atoms with Gasteiger partial charge in [0.1, 0.15) is 0 Å². The Morgan fingerprint density at radius 2 is 1.93 bits per heavy atom. The summed E-state index contributed by atoms with van der Waals surface area (Å²) in [5.74, 6) is 0.957. The SMILES string of the molecule is CCN1CCN(C(=O)CC2CNC2)CC1. The fourth-order valence-electron chi connectivity index (χ4n) is 2.18. The maximum Gasteiger partial charge on any atom is 0.223 e. The number of piperazine rings is 1. The maximum absolute atomic E-state index is 11.9. The van der Waals surface area contributed by atoms with E-state index >= 15 is 0 Å². The van der Waals surface area contributed by atoms with E-state index in [0.29, 0.717) is 11.8 Å². The molecule has 2 aliphatic heterocycles. The van der Waals surface area contributed by atoms with Gasteiger partial charge in [0, 0.05) is 32.6 Å². The third-order valence-electron chi connectivity index (χ3n) is 3.50. The third-order valence-corrected chi connectivity index (χ3v) is 3.50. The van der Waals surface area contributed by atoms with Crippen LogP contribution in [0.3, 0.4) is 0 Å². The van der Waals surface area contributed by atoms with Crippen LogP contribution >= 0.6 is 0 Å². The molecule has 0 aromatic carbocycles. The average molecular weight is 211 g/mol. The number of carbonyl (C=O) groups excluding carboxylic acids is 1. The van der Waals surface area contributed by atoms with E-state index in [1.165, 1.54) is 0 Å². The summed E-state index contributed by atoms with van der Waals surface area (Å²) in [6.07, 6.45) is 0.749. The quantitative estimate of drug-likeness (QED) is 0.700. The van der Waals surface area contributed by atoms with Gasteiger partial charge in [-0.2, -0.15) is 0 Å². The van der Waals surface area contributed by atoms with Crippen LogP contribution in [0.25, 0.3) is 0 Å². The summed E-state index contributed by atoms with van der Waals surface area (Å²) >= 11 is 0. The molecule has 4 heteroatoms. The molecule has 0 unspecified atom stereocenters. The van der Waals surface area contributed by atoms with Gasteiger partial charge in [0.05, 0.1) is 0 Å². The Kier molecular flexibility index (Phi) is 3.59. The Labute approximate surface area is 91.6 Å². The maximum atomic E-state index is 11.9. The van der Waals surface area contributed by atoms with Crippen LogP contribution in [0.15, 0.2) is 0 Å². The van der Waals surface area contributed by atoms with Crippen molar-refractivity contribution in [3.63, 3.8) is 0 Å². The van der Waals surface area contributed by atoms with Crippen LogP contribution in [0.1, 0.15) is 13.3 Å². The first-order valence-electron chi connectivity index (χ1n) is 6.00. The van der Waals surface area contributed by atoms with E-state index in [2.05, 4.69) is 17.1 Å². The van der Waals surface area contributed by atoms with Gasteiger partial charge >= 0.3 is 0 Å². The molecule has 0 bridgehead atoms. The van der Waals surface area contributed by atoms with Gasteiger partial charge < -0.3 is 15.1 Å². The number of carbonyl (C=O) groups is 1. The Morgan fingerprint density at radius 1 is 1.27 bits per heavy atom. The van der Waals surface area contributed by atoms with Gasteiger partial charge in [-0.05, 0) is 25.6 Å². The minimum absolute atomic E-state index is 0.359. The van der Waals surface area contributed by atoms with Gasteiger partial charge in [-0.3, -0.25) is 4.79 Å². The topological polar surface area (TPSA) is 35.6 Å². The lowest BCUT2D eigenvalue weighted by Crippen LogP contribution is -2.51. The molecule has 0 radical (unpaired) electrons. The summed E-state index contributed by atoms with van der Waals surface area (Å²) in [6.45, 7) is 9.28. The van der Waals surface area contributed by atoms with E-state index < -0.39 is 0 Å². The van der Waals surface area contributed by atoms with E-state index in [0.717, 1.165) is 52.2 Å². The predicted molar refractivity (Wildman–Crippen MR) is 59.7 cm³/mol. The van der Waals surface area contributed by atoms with Gasteiger partial charge in [-0.1, -0.05) is 6.92 Å². The van der Waals surface area contributed by atoms with Crippen molar-refractivity contribution in [1.29, 1.82) is 0 Å². The molecule has 0 aromatic rings. The standard InChI is InChI=1S/C11H21N3O/c1-2-13-3-5-14(6-4-13)11(15)7-10-8-12-9-10/h10,12H,2-9H2,1H3. The van der Waals surface area contributed by atoms with Gasteiger partial charge in [0.15, 0.2) is 0 Å². The lowest BCUT2D eigenvalue weighted by molar-refractivity contribution is -0.134. The molecular formula is C11H21N3O. The number of hydrogen-bond donors (Lipinski definition) is 1. The second-order valence-corrected chi connectivity index (χ2v) is 4.54. The van der Waals surface area contributed by atoms with Crippen LogP contribution in [-0.4, -0.2) is 61.5 Å². The zero-order valence-corrected chi connectivity index (χ0v) is 9.54. The smallest absolute Gasteiger partial charge is 0.223 e. The average Bonchev–Trinajstić information content (AvgIpc) is 2.23. The number of nitrogens with zero attached hydrogens (tertiary/aromatic N) is 2. The normalized spacial score (nSPS) is 23.9. The van der Waals surface area contributed by atoms with Gasteiger partial charge in [-0.15, -0.1) is 0 Å². The van der Waals surface area contributed by atoms with Crippen molar-refractivity contribution in [1.82, 2.24) is 15.1 Å². The van der Waals surface area contributed by atoms with E-state index in [9.17, 15) is 4.79 Å². The van der Waals surface area contributed by atoms with Gasteiger partial charge in [0.25, 0.3) is 0 Å². The highest BCUT2D eigenvalue weighted by molar-refractivity contribution is 5.76. The van der Waals surface area contributed by atoms with Crippen molar-refractivity contribution in [3.8, 4) is 0 Å². The second-order valence-electron chi connectivity index (χ2n) is 4.54. The number of hydrogen-bond acceptors (Lipinski definition) is 3. The molecular weight excluding hydrogens is 190 g/mol. The predicted octanol–water partition coefficient (Wildman–Crippen LogP) is -0.240. The Morgan fingerprint density at radius 3 is 2.40 bits per heavy atom. The Hall–Kier alpha value is -0.610. The molecule has 0 atom stereocenters. The second kappa shape index (κ2) is 4.94. The minimum atomic E-state index is 0.359. The number of nitrogens with one attached hydrogen (secondary N) is 1. The number of rotatable bonds is 3. The van der Waals surface area contributed by atoms with Gasteiger partial charge in [-0.25, -0.2) is 0 Å². The molecule has 2 heterocycles. The fraction of sp³-hybridized carbons (Fsp3) is 0.909. The molecule has 2 aliphatic rings. The molecule has 2 fully saturated rings. The van der Waals surface area contributed by atoms with Crippen molar-refractivity contribution in [3.05, 3.63) is 0 Å². The van der Waals surface area contributed by atoms with Crippen LogP contribution in [0.5, 0.6) is 0 Å². The summed E-state index contributed by atoms with van der Waals surface area (Å²) in [5.41, 5.74) is 0. The zero-order valence-electron chi connectivity index (χ0n) is 9.54. The molecule has 1 amide bonds. The highest BCUT2D eigenvalue weighted by Gasteiger charge is 2.25. The first-order valence-corrected chi connectivity index (χ1v) is 6.00. The molecule has 0 aliphatic carbocycles. The fourth-order valence-corrected chi connectivity index (χ4v) is 2.18. The Bertz CT molecular complexity index is 220. The summed E-state index contributed by atoms with van der Waals surface area (Å²) < 4.78 is 0. The van der Waals surface area contributed by atoms with E-state index in [1.54, 1.807) is 0 Å². The largest absolute Gasteiger partial charge is 0.340 e. The molecule has 2 rings (SSSR count). The minimum Gasteiger partial charge on any atom is -0.340 e. The number of amides is 1.